The third kappa shape index (κ3) is 3.35. The van der Waals surface area contributed by atoms with Gasteiger partial charge in [0.25, 0.3) is 0 Å². The minimum absolute atomic E-state index is 0.112. The van der Waals surface area contributed by atoms with E-state index >= 15 is 0 Å². The van der Waals surface area contributed by atoms with E-state index in [1.54, 1.807) is 0 Å². The molecule has 0 bridgehead atoms. The molecule has 2 aliphatic heterocycles. The minimum atomic E-state index is -0.269. The number of carbonyl (C=O) groups excluding carboxylic acids is 2. The zero-order valence-corrected chi connectivity index (χ0v) is 15.0. The molecule has 0 radical (unpaired) electrons. The third-order valence-electron chi connectivity index (χ3n) is 5.82. The second-order valence-corrected chi connectivity index (χ2v) is 7.05. The van der Waals surface area contributed by atoms with Crippen LogP contribution in [0.2, 0.25) is 0 Å². The third-order valence-corrected chi connectivity index (χ3v) is 5.82. The molecule has 0 aromatic heterocycles. The van der Waals surface area contributed by atoms with Crippen molar-refractivity contribution in [2.75, 3.05) is 65.4 Å². The molecule has 3 fully saturated rings. The summed E-state index contributed by atoms with van der Waals surface area (Å²) in [6.45, 7) is 17.2. The Labute approximate surface area is 145 Å². The highest BCUT2D eigenvalue weighted by Gasteiger charge is 2.55. The van der Waals surface area contributed by atoms with Gasteiger partial charge in [-0.1, -0.05) is 26.0 Å². The second kappa shape index (κ2) is 7.23. The van der Waals surface area contributed by atoms with Crippen LogP contribution in [0.1, 0.15) is 13.8 Å². The van der Waals surface area contributed by atoms with E-state index in [4.69, 9.17) is 0 Å². The zero-order chi connectivity index (χ0) is 17.3. The summed E-state index contributed by atoms with van der Waals surface area (Å²) >= 11 is 0. The highest BCUT2D eigenvalue weighted by Crippen LogP contribution is 2.47. The number of hydrogen-bond donors (Lipinski definition) is 0. The molecule has 0 spiro atoms. The molecule has 24 heavy (non-hydrogen) atoms. The summed E-state index contributed by atoms with van der Waals surface area (Å²) in [5.41, 5.74) is 0.820. The van der Waals surface area contributed by atoms with E-state index in [9.17, 15) is 9.59 Å². The Balaban J connectivity index is 1.53. The van der Waals surface area contributed by atoms with Crippen LogP contribution in [0, 0.1) is 11.8 Å². The number of hydrogen-bond acceptors (Lipinski definition) is 4. The summed E-state index contributed by atoms with van der Waals surface area (Å²) in [4.78, 5) is 34.0. The van der Waals surface area contributed by atoms with Crippen LogP contribution in [0.5, 0.6) is 0 Å². The first-order chi connectivity index (χ1) is 11.6. The second-order valence-electron chi connectivity index (χ2n) is 7.05. The first kappa shape index (κ1) is 17.4. The van der Waals surface area contributed by atoms with Crippen molar-refractivity contribution in [2.24, 2.45) is 11.8 Å². The molecule has 0 N–H and O–H groups in total. The lowest BCUT2D eigenvalue weighted by atomic mass is 10.2. The summed E-state index contributed by atoms with van der Waals surface area (Å²) in [7, 11) is 0. The van der Waals surface area contributed by atoms with Gasteiger partial charge in [-0.15, -0.1) is 0 Å². The van der Waals surface area contributed by atoms with Crippen LogP contribution in [0.25, 0.3) is 0 Å². The Morgan fingerprint density at radius 1 is 0.792 bits per heavy atom. The quantitative estimate of drug-likeness (QED) is 0.685. The fourth-order valence-electron chi connectivity index (χ4n) is 3.88. The van der Waals surface area contributed by atoms with Crippen molar-refractivity contribution in [3.05, 3.63) is 12.2 Å². The Bertz CT molecular complexity index is 461. The molecule has 2 atom stereocenters. The van der Waals surface area contributed by atoms with Gasteiger partial charge in [-0.25, -0.2) is 0 Å². The fraction of sp³-hybridized carbons (Fsp3) is 0.778. The first-order valence-corrected chi connectivity index (χ1v) is 9.27. The number of likely N-dealkylation sites (N-methyl/N-ethyl adjacent to an activating group) is 2. The number of nitrogens with zero attached hydrogens (tertiary/aromatic N) is 4. The van der Waals surface area contributed by atoms with Crippen LogP contribution in [-0.4, -0.2) is 96.9 Å². The monoisotopic (exact) mass is 334 g/mol. The molecule has 3 rings (SSSR count). The molecule has 6 heteroatoms. The molecule has 2 heterocycles. The van der Waals surface area contributed by atoms with Crippen LogP contribution >= 0.6 is 0 Å². The standard InChI is InChI=1S/C18H30N4O2/c1-4-19-6-10-21(11-7-19)17(23)15-14(3)16(15)18(24)22-12-8-20(5-2)9-13-22/h15-16H,3-13H2,1-2H3/t15-,16-/m0/s1. The van der Waals surface area contributed by atoms with E-state index in [0.29, 0.717) is 0 Å². The van der Waals surface area contributed by atoms with Gasteiger partial charge >= 0.3 is 0 Å². The van der Waals surface area contributed by atoms with Gasteiger partial charge in [-0.3, -0.25) is 9.59 Å². The Kier molecular flexibility index (Phi) is 5.25. The average Bonchev–Trinajstić information content (AvgIpc) is 3.31. The lowest BCUT2D eigenvalue weighted by Crippen LogP contribution is -2.50. The first-order valence-electron chi connectivity index (χ1n) is 9.27. The molecule has 1 saturated carbocycles. The molecular weight excluding hydrogens is 304 g/mol. The summed E-state index contributed by atoms with van der Waals surface area (Å²) in [5.74, 6) is -0.313. The van der Waals surface area contributed by atoms with Crippen molar-refractivity contribution in [3.8, 4) is 0 Å². The van der Waals surface area contributed by atoms with Crippen LogP contribution < -0.4 is 0 Å². The number of rotatable bonds is 4. The molecule has 0 aromatic rings. The number of carbonyl (C=O) groups is 2. The molecule has 3 aliphatic rings. The number of piperazine rings is 2. The highest BCUT2D eigenvalue weighted by atomic mass is 16.2. The minimum Gasteiger partial charge on any atom is -0.340 e. The van der Waals surface area contributed by atoms with Crippen molar-refractivity contribution < 1.29 is 9.59 Å². The van der Waals surface area contributed by atoms with Gasteiger partial charge in [0.2, 0.25) is 11.8 Å². The van der Waals surface area contributed by atoms with Gasteiger partial charge in [0, 0.05) is 52.4 Å². The summed E-state index contributed by atoms with van der Waals surface area (Å²) in [6, 6.07) is 0. The van der Waals surface area contributed by atoms with Gasteiger partial charge < -0.3 is 19.6 Å². The van der Waals surface area contributed by atoms with Crippen molar-refractivity contribution in [1.82, 2.24) is 19.6 Å². The van der Waals surface area contributed by atoms with Gasteiger partial charge in [0.05, 0.1) is 11.8 Å². The normalized spacial score (nSPS) is 29.0. The maximum Gasteiger partial charge on any atom is 0.231 e. The zero-order valence-electron chi connectivity index (χ0n) is 15.0. The van der Waals surface area contributed by atoms with E-state index < -0.39 is 0 Å². The lowest BCUT2D eigenvalue weighted by molar-refractivity contribution is -0.139. The Morgan fingerprint density at radius 3 is 1.42 bits per heavy atom. The van der Waals surface area contributed by atoms with Gasteiger partial charge in [-0.05, 0) is 13.1 Å². The Hall–Kier alpha value is -1.40. The van der Waals surface area contributed by atoms with Crippen molar-refractivity contribution >= 4 is 11.8 Å². The largest absolute Gasteiger partial charge is 0.340 e. The van der Waals surface area contributed by atoms with E-state index in [0.717, 1.165) is 71.0 Å². The predicted molar refractivity (Wildman–Crippen MR) is 93.5 cm³/mol. The van der Waals surface area contributed by atoms with Crippen LogP contribution in [0.3, 0.4) is 0 Å². The average molecular weight is 334 g/mol. The van der Waals surface area contributed by atoms with Crippen LogP contribution in [0.15, 0.2) is 12.2 Å². The highest BCUT2D eigenvalue weighted by molar-refractivity contribution is 5.99. The van der Waals surface area contributed by atoms with E-state index in [-0.39, 0.29) is 23.7 Å². The summed E-state index contributed by atoms with van der Waals surface area (Å²) in [5, 5.41) is 0. The van der Waals surface area contributed by atoms with Crippen molar-refractivity contribution in [2.45, 2.75) is 13.8 Å². The molecule has 1 aliphatic carbocycles. The summed E-state index contributed by atoms with van der Waals surface area (Å²) < 4.78 is 0. The SMILES string of the molecule is C=C1[C@H](C(=O)N2CCN(CC)CC2)[C@H]1C(=O)N1CCN(CC)CC1. The maximum atomic E-state index is 12.7. The Morgan fingerprint density at radius 2 is 1.12 bits per heavy atom. The van der Waals surface area contributed by atoms with Gasteiger partial charge in [-0.2, -0.15) is 0 Å². The molecule has 0 aromatic carbocycles. The van der Waals surface area contributed by atoms with Crippen molar-refractivity contribution in [1.29, 1.82) is 0 Å². The van der Waals surface area contributed by atoms with E-state index in [1.807, 2.05) is 9.80 Å². The molecular formula is C18H30N4O2. The topological polar surface area (TPSA) is 47.1 Å². The van der Waals surface area contributed by atoms with Crippen molar-refractivity contribution in [3.63, 3.8) is 0 Å². The fourth-order valence-corrected chi connectivity index (χ4v) is 3.88. The molecule has 2 amide bonds. The van der Waals surface area contributed by atoms with Crippen LogP contribution in [0.4, 0.5) is 0 Å². The van der Waals surface area contributed by atoms with Gasteiger partial charge in [0.15, 0.2) is 0 Å². The van der Waals surface area contributed by atoms with Crippen LogP contribution in [-0.2, 0) is 9.59 Å². The number of amides is 2. The lowest BCUT2D eigenvalue weighted by Gasteiger charge is -2.35. The van der Waals surface area contributed by atoms with Gasteiger partial charge in [0.1, 0.15) is 0 Å². The predicted octanol–water partition coefficient (Wildman–Crippen LogP) is 0.117. The maximum absolute atomic E-state index is 12.7. The van der Waals surface area contributed by atoms with E-state index in [2.05, 4.69) is 30.2 Å². The molecule has 2 saturated heterocycles. The molecule has 134 valence electrons. The molecule has 6 nitrogen and oxygen atoms in total. The molecule has 0 unspecified atom stereocenters. The smallest absolute Gasteiger partial charge is 0.231 e. The van der Waals surface area contributed by atoms with E-state index in [1.165, 1.54) is 0 Å². The summed E-state index contributed by atoms with van der Waals surface area (Å²) in [6.07, 6.45) is 0.